The van der Waals surface area contributed by atoms with Gasteiger partial charge in [0.1, 0.15) is 13.2 Å². The van der Waals surface area contributed by atoms with Crippen LogP contribution in [-0.2, 0) is 11.2 Å². The predicted molar refractivity (Wildman–Crippen MR) is 80.0 cm³/mol. The lowest BCUT2D eigenvalue weighted by atomic mass is 9.85. The largest absolute Gasteiger partial charge is 0.486 e. The van der Waals surface area contributed by atoms with Crippen molar-refractivity contribution >= 4 is 0 Å². The molecule has 0 saturated carbocycles. The molecule has 1 N–H and O–H groups in total. The Bertz CT molecular complexity index is 511. The molecular weight excluding hydrogens is 266 g/mol. The van der Waals surface area contributed by atoms with Crippen LogP contribution in [0.3, 0.4) is 0 Å². The van der Waals surface area contributed by atoms with Crippen LogP contribution in [0.25, 0.3) is 0 Å². The lowest BCUT2D eigenvalue weighted by Crippen LogP contribution is -2.32. The minimum atomic E-state index is 0.452. The molecular formula is C17H23NO3. The maximum atomic E-state index is 5.76. The number of rotatable bonds is 2. The quantitative estimate of drug-likeness (QED) is 0.908. The van der Waals surface area contributed by atoms with Crippen molar-refractivity contribution in [3.05, 3.63) is 23.3 Å². The molecule has 1 aromatic carbocycles. The fraction of sp³-hybridized carbons (Fsp3) is 0.647. The van der Waals surface area contributed by atoms with Gasteiger partial charge in [0.2, 0.25) is 0 Å². The molecule has 0 bridgehead atoms. The number of nitrogens with one attached hydrogen (secondary N) is 1. The molecule has 1 fully saturated rings. The van der Waals surface area contributed by atoms with Crippen LogP contribution in [0.1, 0.15) is 36.4 Å². The normalized spacial score (nSPS) is 25.4. The van der Waals surface area contributed by atoms with Crippen LogP contribution in [0.5, 0.6) is 11.5 Å². The van der Waals surface area contributed by atoms with Gasteiger partial charge in [0.25, 0.3) is 0 Å². The van der Waals surface area contributed by atoms with Gasteiger partial charge in [-0.25, -0.2) is 0 Å². The van der Waals surface area contributed by atoms with Crippen molar-refractivity contribution in [3.63, 3.8) is 0 Å². The van der Waals surface area contributed by atoms with Gasteiger partial charge in [0, 0.05) is 19.3 Å². The molecule has 1 saturated heterocycles. The van der Waals surface area contributed by atoms with Crippen LogP contribution in [0.2, 0.25) is 0 Å². The van der Waals surface area contributed by atoms with E-state index in [4.69, 9.17) is 14.2 Å². The van der Waals surface area contributed by atoms with Crippen LogP contribution >= 0.6 is 0 Å². The summed E-state index contributed by atoms with van der Waals surface area (Å²) in [5.41, 5.74) is 2.84. The van der Waals surface area contributed by atoms with Crippen molar-refractivity contribution in [2.45, 2.75) is 31.7 Å². The van der Waals surface area contributed by atoms with Crippen LogP contribution < -0.4 is 14.8 Å². The van der Waals surface area contributed by atoms with E-state index in [9.17, 15) is 0 Å². The van der Waals surface area contributed by atoms with E-state index >= 15 is 0 Å². The second-order valence-electron chi connectivity index (χ2n) is 6.24. The Morgan fingerprint density at radius 1 is 1.00 bits per heavy atom. The number of ether oxygens (including phenoxy) is 3. The standard InChI is InChI=1S/C17H23NO3/c1-4-18-15(9-12-2-5-19-6-3-12)14-11-17-16(10-13(1)14)20-7-8-21-17/h10-12,15,18H,1-9H2. The van der Waals surface area contributed by atoms with E-state index in [0.717, 1.165) is 43.6 Å². The van der Waals surface area contributed by atoms with Crippen molar-refractivity contribution in [3.8, 4) is 11.5 Å². The zero-order valence-electron chi connectivity index (χ0n) is 12.4. The highest BCUT2D eigenvalue weighted by molar-refractivity contribution is 5.50. The van der Waals surface area contributed by atoms with E-state index in [1.807, 2.05) is 0 Å². The lowest BCUT2D eigenvalue weighted by Gasteiger charge is -2.33. The van der Waals surface area contributed by atoms with Gasteiger partial charge in [-0.2, -0.15) is 0 Å². The molecule has 3 heterocycles. The molecule has 1 aromatic rings. The van der Waals surface area contributed by atoms with Crippen LogP contribution in [-0.4, -0.2) is 33.0 Å². The summed E-state index contributed by atoms with van der Waals surface area (Å²) >= 11 is 0. The lowest BCUT2D eigenvalue weighted by molar-refractivity contribution is 0.0602. The Labute approximate surface area is 125 Å². The molecule has 3 aliphatic rings. The Kier molecular flexibility index (Phi) is 3.74. The number of hydrogen-bond donors (Lipinski definition) is 1. The first-order valence-electron chi connectivity index (χ1n) is 8.14. The molecule has 21 heavy (non-hydrogen) atoms. The molecule has 0 aliphatic carbocycles. The fourth-order valence-electron chi connectivity index (χ4n) is 3.70. The smallest absolute Gasteiger partial charge is 0.161 e. The first kappa shape index (κ1) is 13.4. The zero-order valence-corrected chi connectivity index (χ0v) is 12.4. The molecule has 0 aromatic heterocycles. The highest BCUT2D eigenvalue weighted by atomic mass is 16.6. The van der Waals surface area contributed by atoms with Crippen molar-refractivity contribution in [2.24, 2.45) is 5.92 Å². The Balaban J connectivity index is 1.57. The van der Waals surface area contributed by atoms with E-state index in [2.05, 4.69) is 17.4 Å². The maximum Gasteiger partial charge on any atom is 0.161 e. The second kappa shape index (κ2) is 5.85. The summed E-state index contributed by atoms with van der Waals surface area (Å²) < 4.78 is 16.9. The summed E-state index contributed by atoms with van der Waals surface area (Å²) in [5, 5.41) is 3.69. The van der Waals surface area contributed by atoms with Crippen molar-refractivity contribution < 1.29 is 14.2 Å². The number of fused-ring (bicyclic) bond motifs is 2. The van der Waals surface area contributed by atoms with Crippen LogP contribution in [0.4, 0.5) is 0 Å². The van der Waals surface area contributed by atoms with Gasteiger partial charge < -0.3 is 19.5 Å². The molecule has 4 rings (SSSR count). The Morgan fingerprint density at radius 3 is 2.57 bits per heavy atom. The molecule has 0 amide bonds. The minimum absolute atomic E-state index is 0.452. The average molecular weight is 289 g/mol. The van der Waals surface area contributed by atoms with Crippen LogP contribution in [0.15, 0.2) is 12.1 Å². The van der Waals surface area contributed by atoms with Crippen molar-refractivity contribution in [2.75, 3.05) is 33.0 Å². The SMILES string of the molecule is c1c2c(cc3c1OCCO3)C(CC1CCOCC1)NCC2. The monoisotopic (exact) mass is 289 g/mol. The highest BCUT2D eigenvalue weighted by Gasteiger charge is 2.27. The van der Waals surface area contributed by atoms with Crippen molar-refractivity contribution in [1.29, 1.82) is 0 Å². The van der Waals surface area contributed by atoms with Crippen LogP contribution in [0, 0.1) is 5.92 Å². The third-order valence-electron chi connectivity index (χ3n) is 4.87. The first-order valence-corrected chi connectivity index (χ1v) is 8.14. The fourth-order valence-corrected chi connectivity index (χ4v) is 3.70. The number of benzene rings is 1. The predicted octanol–water partition coefficient (Wildman–Crippen LogP) is 2.46. The van der Waals surface area contributed by atoms with Gasteiger partial charge in [-0.1, -0.05) is 0 Å². The molecule has 0 radical (unpaired) electrons. The highest BCUT2D eigenvalue weighted by Crippen LogP contribution is 2.39. The van der Waals surface area contributed by atoms with E-state index in [1.54, 1.807) is 0 Å². The average Bonchev–Trinajstić information content (AvgIpc) is 2.54. The number of hydrogen-bond acceptors (Lipinski definition) is 4. The summed E-state index contributed by atoms with van der Waals surface area (Å²) in [6.07, 6.45) is 4.67. The topological polar surface area (TPSA) is 39.7 Å². The van der Waals surface area contributed by atoms with E-state index in [0.29, 0.717) is 19.3 Å². The second-order valence-corrected chi connectivity index (χ2v) is 6.24. The molecule has 1 atom stereocenters. The van der Waals surface area contributed by atoms with E-state index < -0.39 is 0 Å². The van der Waals surface area contributed by atoms with Gasteiger partial charge in [-0.3, -0.25) is 0 Å². The van der Waals surface area contributed by atoms with E-state index in [-0.39, 0.29) is 0 Å². The summed E-state index contributed by atoms with van der Waals surface area (Å²) in [6.45, 7) is 4.22. The molecule has 0 spiro atoms. The van der Waals surface area contributed by atoms with Crippen molar-refractivity contribution in [1.82, 2.24) is 5.32 Å². The molecule has 114 valence electrons. The van der Waals surface area contributed by atoms with Gasteiger partial charge in [0.05, 0.1) is 0 Å². The van der Waals surface area contributed by atoms with E-state index in [1.165, 1.54) is 30.4 Å². The molecule has 3 aliphatic heterocycles. The summed E-state index contributed by atoms with van der Waals surface area (Å²) in [7, 11) is 0. The summed E-state index contributed by atoms with van der Waals surface area (Å²) in [5.74, 6) is 2.61. The van der Waals surface area contributed by atoms with Gasteiger partial charge in [-0.05, 0) is 61.4 Å². The molecule has 1 unspecified atom stereocenters. The Morgan fingerprint density at radius 2 is 1.76 bits per heavy atom. The zero-order chi connectivity index (χ0) is 14.1. The molecule has 4 heteroatoms. The van der Waals surface area contributed by atoms with Gasteiger partial charge >= 0.3 is 0 Å². The molecule has 4 nitrogen and oxygen atoms in total. The first-order chi connectivity index (χ1) is 10.4. The minimum Gasteiger partial charge on any atom is -0.486 e. The summed E-state index contributed by atoms with van der Waals surface area (Å²) in [4.78, 5) is 0. The summed E-state index contributed by atoms with van der Waals surface area (Å²) in [6, 6.07) is 4.86. The van der Waals surface area contributed by atoms with Gasteiger partial charge in [0.15, 0.2) is 11.5 Å². The maximum absolute atomic E-state index is 5.76. The Hall–Kier alpha value is -1.26. The third kappa shape index (κ3) is 2.74. The van der Waals surface area contributed by atoms with Gasteiger partial charge in [-0.15, -0.1) is 0 Å². The third-order valence-corrected chi connectivity index (χ3v) is 4.87.